The minimum absolute atomic E-state index is 0.220. The van der Waals surface area contributed by atoms with Gasteiger partial charge >= 0.3 is 0 Å². The summed E-state index contributed by atoms with van der Waals surface area (Å²) in [6.07, 6.45) is 0. The Morgan fingerprint density at radius 3 is 2.94 bits per heavy atom. The van der Waals surface area contributed by atoms with Crippen molar-refractivity contribution in [2.45, 2.75) is 19.6 Å². The molecular weight excluding hydrogens is 224 g/mol. The van der Waals surface area contributed by atoms with Crippen molar-refractivity contribution in [3.63, 3.8) is 0 Å². The van der Waals surface area contributed by atoms with Gasteiger partial charge in [-0.1, -0.05) is 6.92 Å². The van der Waals surface area contributed by atoms with Crippen LogP contribution < -0.4 is 11.3 Å². The first-order chi connectivity index (χ1) is 7.65. The summed E-state index contributed by atoms with van der Waals surface area (Å²) in [5.74, 6) is 8.66. The number of aliphatic hydroxyl groups is 1. The predicted octanol–water partition coefficient (Wildman–Crippen LogP) is 0.932. The number of hydrogen-bond acceptors (Lipinski definition) is 6. The van der Waals surface area contributed by atoms with Crippen LogP contribution in [0, 0.1) is 12.8 Å². The summed E-state index contributed by atoms with van der Waals surface area (Å²) in [6.45, 7) is 4.14. The number of nitrogens with two attached hydrogens (primary N) is 1. The Labute approximate surface area is 99.8 Å². The van der Waals surface area contributed by atoms with E-state index >= 15 is 0 Å². The molecule has 0 radical (unpaired) electrons. The predicted molar refractivity (Wildman–Crippen MR) is 67.0 cm³/mol. The molecule has 5 nitrogen and oxygen atoms in total. The second-order valence-electron chi connectivity index (χ2n) is 3.76. The molecule has 1 heterocycles. The molecule has 90 valence electrons. The minimum Gasteiger partial charge on any atom is -0.396 e. The van der Waals surface area contributed by atoms with Crippen molar-refractivity contribution in [1.82, 2.24) is 9.97 Å². The van der Waals surface area contributed by atoms with Gasteiger partial charge in [-0.25, -0.2) is 15.8 Å². The molecule has 6 heteroatoms. The number of thioether (sulfide) groups is 1. The largest absolute Gasteiger partial charge is 0.396 e. The Balaban J connectivity index is 2.50. The lowest BCUT2D eigenvalue weighted by Crippen LogP contribution is -2.11. The number of hydrogen-bond donors (Lipinski definition) is 3. The van der Waals surface area contributed by atoms with Gasteiger partial charge in [-0.2, -0.15) is 11.8 Å². The van der Waals surface area contributed by atoms with E-state index in [4.69, 9.17) is 10.9 Å². The highest BCUT2D eigenvalue weighted by molar-refractivity contribution is 7.98. The molecule has 1 aromatic rings. The lowest BCUT2D eigenvalue weighted by Gasteiger charge is -2.07. The molecule has 0 saturated heterocycles. The van der Waals surface area contributed by atoms with Crippen LogP contribution in [0.3, 0.4) is 0 Å². The fourth-order valence-electron chi connectivity index (χ4n) is 1.17. The third kappa shape index (κ3) is 4.34. The zero-order valence-corrected chi connectivity index (χ0v) is 10.4. The van der Waals surface area contributed by atoms with Crippen LogP contribution in [0.4, 0.5) is 5.82 Å². The summed E-state index contributed by atoms with van der Waals surface area (Å²) >= 11 is 1.71. The number of anilines is 1. The molecule has 0 aromatic carbocycles. The number of nitrogen functional groups attached to an aromatic ring is 1. The van der Waals surface area contributed by atoms with Gasteiger partial charge in [0.05, 0.1) is 5.75 Å². The number of aromatic nitrogens is 2. The van der Waals surface area contributed by atoms with E-state index in [2.05, 4.69) is 15.4 Å². The second-order valence-corrected chi connectivity index (χ2v) is 4.79. The molecule has 0 saturated carbocycles. The van der Waals surface area contributed by atoms with Crippen LogP contribution in [0.25, 0.3) is 0 Å². The Morgan fingerprint density at radius 1 is 1.56 bits per heavy atom. The number of rotatable bonds is 6. The third-order valence-electron chi connectivity index (χ3n) is 1.99. The summed E-state index contributed by atoms with van der Waals surface area (Å²) in [6, 6.07) is 1.80. The van der Waals surface area contributed by atoms with Crippen molar-refractivity contribution in [2.24, 2.45) is 11.8 Å². The maximum absolute atomic E-state index is 8.89. The summed E-state index contributed by atoms with van der Waals surface area (Å²) < 4.78 is 0. The van der Waals surface area contributed by atoms with Gasteiger partial charge in [-0.3, -0.25) is 0 Å². The molecule has 0 aliphatic heterocycles. The topological polar surface area (TPSA) is 84.1 Å². The molecule has 0 aliphatic carbocycles. The Kier molecular flexibility index (Phi) is 5.51. The van der Waals surface area contributed by atoms with Crippen LogP contribution >= 0.6 is 11.8 Å². The van der Waals surface area contributed by atoms with Gasteiger partial charge in [-0.05, 0) is 18.6 Å². The van der Waals surface area contributed by atoms with Gasteiger partial charge in [0.25, 0.3) is 0 Å². The second kappa shape index (κ2) is 6.67. The van der Waals surface area contributed by atoms with Crippen molar-refractivity contribution in [1.29, 1.82) is 0 Å². The molecule has 1 unspecified atom stereocenters. The summed E-state index contributed by atoms with van der Waals surface area (Å²) in [7, 11) is 0. The molecule has 0 fully saturated rings. The van der Waals surface area contributed by atoms with Crippen LogP contribution in [0.15, 0.2) is 6.07 Å². The minimum atomic E-state index is 0.220. The van der Waals surface area contributed by atoms with Crippen molar-refractivity contribution in [3.8, 4) is 0 Å². The summed E-state index contributed by atoms with van der Waals surface area (Å²) in [5.41, 5.74) is 3.42. The van der Waals surface area contributed by atoms with Crippen LogP contribution in [0.5, 0.6) is 0 Å². The number of nitrogens with one attached hydrogen (secondary N) is 1. The van der Waals surface area contributed by atoms with Gasteiger partial charge in [-0.15, -0.1) is 0 Å². The highest BCUT2D eigenvalue weighted by Gasteiger charge is 2.04. The van der Waals surface area contributed by atoms with Gasteiger partial charge in [0.15, 0.2) is 0 Å². The number of hydrazine groups is 1. The fourth-order valence-corrected chi connectivity index (χ4v) is 2.11. The van der Waals surface area contributed by atoms with E-state index in [1.807, 2.05) is 13.8 Å². The molecule has 16 heavy (non-hydrogen) atoms. The Hall–Kier alpha value is -0.850. The summed E-state index contributed by atoms with van der Waals surface area (Å²) in [5, 5.41) is 8.89. The first kappa shape index (κ1) is 13.2. The van der Waals surface area contributed by atoms with E-state index in [1.54, 1.807) is 17.8 Å². The van der Waals surface area contributed by atoms with Crippen LogP contribution in [-0.2, 0) is 5.75 Å². The van der Waals surface area contributed by atoms with Crippen molar-refractivity contribution in [3.05, 3.63) is 17.6 Å². The molecule has 1 rings (SSSR count). The molecular formula is C10H18N4OS. The average Bonchev–Trinajstić information content (AvgIpc) is 2.28. The van der Waals surface area contributed by atoms with Gasteiger partial charge in [0.2, 0.25) is 0 Å². The number of aliphatic hydroxyl groups excluding tert-OH is 1. The molecule has 1 aromatic heterocycles. The van der Waals surface area contributed by atoms with Crippen molar-refractivity contribution < 1.29 is 5.11 Å². The quantitative estimate of drug-likeness (QED) is 0.508. The van der Waals surface area contributed by atoms with Crippen LogP contribution in [-0.4, -0.2) is 27.4 Å². The molecule has 0 bridgehead atoms. The van der Waals surface area contributed by atoms with Crippen molar-refractivity contribution in [2.75, 3.05) is 17.8 Å². The third-order valence-corrected chi connectivity index (χ3v) is 3.26. The van der Waals surface area contributed by atoms with E-state index in [1.165, 1.54) is 0 Å². The highest BCUT2D eigenvalue weighted by atomic mass is 32.2. The molecule has 1 atom stereocenters. The van der Waals surface area contributed by atoms with Crippen LogP contribution in [0.1, 0.15) is 18.4 Å². The van der Waals surface area contributed by atoms with Gasteiger partial charge < -0.3 is 10.5 Å². The normalized spacial score (nSPS) is 12.5. The van der Waals surface area contributed by atoms with Crippen LogP contribution in [0.2, 0.25) is 0 Å². The van der Waals surface area contributed by atoms with Crippen molar-refractivity contribution >= 4 is 17.6 Å². The molecule has 0 spiro atoms. The first-order valence-electron chi connectivity index (χ1n) is 5.15. The monoisotopic (exact) mass is 242 g/mol. The highest BCUT2D eigenvalue weighted by Crippen LogP contribution is 2.14. The average molecular weight is 242 g/mol. The standard InChI is InChI=1S/C10H18N4OS/c1-7(4-15)5-16-6-10-12-8(2)3-9(13-10)14-11/h3,7,15H,4-6,11H2,1-2H3,(H,12,13,14). The van der Waals surface area contributed by atoms with Gasteiger partial charge in [0, 0.05) is 18.4 Å². The number of aryl methyl sites for hydroxylation is 1. The zero-order valence-electron chi connectivity index (χ0n) is 9.60. The molecule has 0 amide bonds. The smallest absolute Gasteiger partial charge is 0.143 e. The van der Waals surface area contributed by atoms with E-state index in [-0.39, 0.29) is 6.61 Å². The maximum atomic E-state index is 8.89. The molecule has 4 N–H and O–H groups in total. The lowest BCUT2D eigenvalue weighted by molar-refractivity contribution is 0.250. The van der Waals surface area contributed by atoms with E-state index in [0.717, 1.165) is 23.0 Å². The van der Waals surface area contributed by atoms with E-state index in [9.17, 15) is 0 Å². The number of nitrogens with zero attached hydrogens (tertiary/aromatic N) is 2. The molecule has 0 aliphatic rings. The van der Waals surface area contributed by atoms with E-state index < -0.39 is 0 Å². The Bertz CT molecular complexity index is 335. The SMILES string of the molecule is Cc1cc(NN)nc(CSCC(C)CO)n1. The first-order valence-corrected chi connectivity index (χ1v) is 6.31. The Morgan fingerprint density at radius 2 is 2.31 bits per heavy atom. The van der Waals surface area contributed by atoms with Gasteiger partial charge in [0.1, 0.15) is 11.6 Å². The maximum Gasteiger partial charge on any atom is 0.143 e. The van der Waals surface area contributed by atoms with E-state index in [0.29, 0.717) is 11.7 Å². The fraction of sp³-hybridized carbons (Fsp3) is 0.600. The summed E-state index contributed by atoms with van der Waals surface area (Å²) in [4.78, 5) is 8.56. The zero-order chi connectivity index (χ0) is 12.0. The lowest BCUT2D eigenvalue weighted by atomic mass is 10.2.